The number of aryl methyl sites for hydroxylation is 2. The van der Waals surface area contributed by atoms with E-state index in [1.54, 1.807) is 12.3 Å². The van der Waals surface area contributed by atoms with Gasteiger partial charge < -0.3 is 11.1 Å². The number of carbonyl (C=O) groups excluding carboxylic acids is 1. The topological polar surface area (TPSA) is 68.0 Å². The van der Waals surface area contributed by atoms with Crippen molar-refractivity contribution in [2.75, 3.05) is 11.1 Å². The predicted octanol–water partition coefficient (Wildman–Crippen LogP) is 3.20. The number of benzene rings is 1. The van der Waals surface area contributed by atoms with Gasteiger partial charge in [0.15, 0.2) is 0 Å². The molecule has 0 unspecified atom stereocenters. The van der Waals surface area contributed by atoms with E-state index < -0.39 is 0 Å². The smallest absolute Gasteiger partial charge is 0.224 e. The Morgan fingerprint density at radius 1 is 1.40 bits per heavy atom. The maximum Gasteiger partial charge on any atom is 0.224 e. The Labute approximate surface area is 123 Å². The zero-order valence-corrected chi connectivity index (χ0v) is 11.9. The third-order valence-corrected chi connectivity index (χ3v) is 3.37. The molecule has 0 saturated heterocycles. The molecule has 0 atom stereocenters. The van der Waals surface area contributed by atoms with Crippen molar-refractivity contribution in [1.82, 2.24) is 4.98 Å². The lowest BCUT2D eigenvalue weighted by Gasteiger charge is -2.07. The van der Waals surface area contributed by atoms with E-state index in [9.17, 15) is 4.79 Å². The highest BCUT2D eigenvalue weighted by molar-refractivity contribution is 6.30. The second kappa shape index (κ2) is 6.39. The van der Waals surface area contributed by atoms with Crippen molar-refractivity contribution in [3.05, 3.63) is 52.8 Å². The minimum absolute atomic E-state index is 0.0724. The third kappa shape index (κ3) is 3.71. The molecule has 0 aliphatic rings. The molecule has 5 heteroatoms. The monoisotopic (exact) mass is 289 g/mol. The largest absolute Gasteiger partial charge is 0.399 e. The van der Waals surface area contributed by atoms with Gasteiger partial charge in [-0.15, -0.1) is 0 Å². The van der Waals surface area contributed by atoms with Gasteiger partial charge in [-0.25, -0.2) is 4.98 Å². The van der Waals surface area contributed by atoms with Gasteiger partial charge in [-0.3, -0.25) is 4.79 Å². The lowest BCUT2D eigenvalue weighted by Crippen LogP contribution is -2.13. The highest BCUT2D eigenvalue weighted by Crippen LogP contribution is 2.17. The predicted molar refractivity (Wildman–Crippen MR) is 81.8 cm³/mol. The van der Waals surface area contributed by atoms with E-state index in [1.807, 2.05) is 31.2 Å². The molecule has 0 aliphatic carbocycles. The summed E-state index contributed by atoms with van der Waals surface area (Å²) in [4.78, 5) is 15.9. The second-order valence-corrected chi connectivity index (χ2v) is 4.94. The Bertz CT molecular complexity index is 628. The van der Waals surface area contributed by atoms with Crippen molar-refractivity contribution < 1.29 is 4.79 Å². The van der Waals surface area contributed by atoms with Gasteiger partial charge in [0.2, 0.25) is 5.91 Å². The van der Waals surface area contributed by atoms with Crippen molar-refractivity contribution in [2.45, 2.75) is 19.8 Å². The van der Waals surface area contributed by atoms with Crippen LogP contribution in [0.2, 0.25) is 5.15 Å². The number of hydrogen-bond donors (Lipinski definition) is 2. The van der Waals surface area contributed by atoms with E-state index in [0.29, 0.717) is 29.4 Å². The van der Waals surface area contributed by atoms with Crippen LogP contribution >= 0.6 is 11.6 Å². The zero-order chi connectivity index (χ0) is 14.5. The summed E-state index contributed by atoms with van der Waals surface area (Å²) in [6, 6.07) is 9.34. The number of nitrogen functional groups attached to an aromatic ring is 1. The second-order valence-electron chi connectivity index (χ2n) is 4.58. The number of aromatic nitrogens is 1. The van der Waals surface area contributed by atoms with Crippen LogP contribution in [-0.4, -0.2) is 10.9 Å². The van der Waals surface area contributed by atoms with Gasteiger partial charge in [0.1, 0.15) is 5.15 Å². The number of hydrogen-bond acceptors (Lipinski definition) is 3. The first-order chi connectivity index (χ1) is 9.56. The summed E-state index contributed by atoms with van der Waals surface area (Å²) in [6.45, 7) is 1.84. The number of rotatable bonds is 4. The molecule has 3 N–H and O–H groups in total. The van der Waals surface area contributed by atoms with Crippen LogP contribution in [0.4, 0.5) is 11.4 Å². The van der Waals surface area contributed by atoms with Crippen molar-refractivity contribution in [2.24, 2.45) is 0 Å². The third-order valence-electron chi connectivity index (χ3n) is 2.97. The molecule has 1 heterocycles. The molecule has 1 aromatic carbocycles. The quantitative estimate of drug-likeness (QED) is 0.671. The van der Waals surface area contributed by atoms with Gasteiger partial charge in [-0.05, 0) is 36.6 Å². The molecule has 1 aromatic heterocycles. The fourth-order valence-corrected chi connectivity index (χ4v) is 1.96. The standard InChI is InChI=1S/C15H16ClN3O/c1-10-8-12(9-18-15(10)16)19-14(20)7-6-11-4-2-3-5-13(11)17/h2-5,8-9H,6-7,17H2,1H3,(H,19,20). The van der Waals surface area contributed by atoms with Crippen LogP contribution < -0.4 is 11.1 Å². The average Bonchev–Trinajstić information content (AvgIpc) is 2.42. The van der Waals surface area contributed by atoms with Crippen molar-refractivity contribution in [3.8, 4) is 0 Å². The lowest BCUT2D eigenvalue weighted by molar-refractivity contribution is -0.116. The van der Waals surface area contributed by atoms with Gasteiger partial charge in [0.25, 0.3) is 0 Å². The maximum absolute atomic E-state index is 11.9. The summed E-state index contributed by atoms with van der Waals surface area (Å²) in [7, 11) is 0. The molecule has 104 valence electrons. The molecule has 0 saturated carbocycles. The summed E-state index contributed by atoms with van der Waals surface area (Å²) in [5.74, 6) is -0.0724. The molecule has 20 heavy (non-hydrogen) atoms. The van der Waals surface area contributed by atoms with Gasteiger partial charge in [0.05, 0.1) is 11.9 Å². The molecule has 1 amide bonds. The number of nitrogens with zero attached hydrogens (tertiary/aromatic N) is 1. The Balaban J connectivity index is 1.93. The first-order valence-electron chi connectivity index (χ1n) is 6.31. The van der Waals surface area contributed by atoms with E-state index >= 15 is 0 Å². The maximum atomic E-state index is 11.9. The van der Waals surface area contributed by atoms with E-state index in [1.165, 1.54) is 0 Å². The van der Waals surface area contributed by atoms with Crippen LogP contribution in [0.15, 0.2) is 36.5 Å². The number of para-hydroxylation sites is 1. The average molecular weight is 290 g/mol. The molecular formula is C15H16ClN3O. The van der Waals surface area contributed by atoms with Crippen LogP contribution in [0.1, 0.15) is 17.5 Å². The van der Waals surface area contributed by atoms with Gasteiger partial charge >= 0.3 is 0 Å². The summed E-state index contributed by atoms with van der Waals surface area (Å²) in [5, 5.41) is 3.24. The van der Waals surface area contributed by atoms with E-state index in [-0.39, 0.29) is 5.91 Å². The highest BCUT2D eigenvalue weighted by Gasteiger charge is 2.06. The van der Waals surface area contributed by atoms with Crippen molar-refractivity contribution in [1.29, 1.82) is 0 Å². The van der Waals surface area contributed by atoms with Crippen LogP contribution in [-0.2, 0) is 11.2 Å². The van der Waals surface area contributed by atoms with Crippen molar-refractivity contribution in [3.63, 3.8) is 0 Å². The molecule has 2 rings (SSSR count). The fraction of sp³-hybridized carbons (Fsp3) is 0.200. The molecule has 4 nitrogen and oxygen atoms in total. The molecule has 0 spiro atoms. The molecule has 2 aromatic rings. The molecule has 0 fully saturated rings. The van der Waals surface area contributed by atoms with Gasteiger partial charge in [-0.1, -0.05) is 29.8 Å². The SMILES string of the molecule is Cc1cc(NC(=O)CCc2ccccc2N)cnc1Cl. The number of halogens is 1. The molecular weight excluding hydrogens is 274 g/mol. The zero-order valence-electron chi connectivity index (χ0n) is 11.2. The summed E-state index contributed by atoms with van der Waals surface area (Å²) < 4.78 is 0. The normalized spacial score (nSPS) is 10.3. The summed E-state index contributed by atoms with van der Waals surface area (Å²) >= 11 is 5.84. The van der Waals surface area contributed by atoms with E-state index in [4.69, 9.17) is 17.3 Å². The number of anilines is 2. The van der Waals surface area contributed by atoms with Crippen LogP contribution in [0.5, 0.6) is 0 Å². The molecule has 0 bridgehead atoms. The summed E-state index contributed by atoms with van der Waals surface area (Å²) in [6.07, 6.45) is 2.53. The first-order valence-corrected chi connectivity index (χ1v) is 6.69. The Morgan fingerprint density at radius 3 is 2.85 bits per heavy atom. The van der Waals surface area contributed by atoms with Gasteiger partial charge in [-0.2, -0.15) is 0 Å². The van der Waals surface area contributed by atoms with E-state index in [0.717, 1.165) is 11.1 Å². The molecule has 0 aliphatic heterocycles. The fourth-order valence-electron chi connectivity index (χ4n) is 1.86. The number of nitrogens with one attached hydrogen (secondary N) is 1. The minimum atomic E-state index is -0.0724. The van der Waals surface area contributed by atoms with Crippen LogP contribution in [0.25, 0.3) is 0 Å². The van der Waals surface area contributed by atoms with Crippen LogP contribution in [0, 0.1) is 6.92 Å². The lowest BCUT2D eigenvalue weighted by atomic mass is 10.1. The summed E-state index contributed by atoms with van der Waals surface area (Å²) in [5.41, 5.74) is 9.01. The number of pyridine rings is 1. The Morgan fingerprint density at radius 2 is 2.15 bits per heavy atom. The van der Waals surface area contributed by atoms with Crippen LogP contribution in [0.3, 0.4) is 0 Å². The Hall–Kier alpha value is -2.07. The number of nitrogens with two attached hydrogens (primary N) is 1. The number of amides is 1. The van der Waals surface area contributed by atoms with Crippen molar-refractivity contribution >= 4 is 28.9 Å². The van der Waals surface area contributed by atoms with E-state index in [2.05, 4.69) is 10.3 Å². The minimum Gasteiger partial charge on any atom is -0.399 e. The number of carbonyl (C=O) groups is 1. The highest BCUT2D eigenvalue weighted by atomic mass is 35.5. The first kappa shape index (κ1) is 14.3. The molecule has 0 radical (unpaired) electrons. The van der Waals surface area contributed by atoms with Gasteiger partial charge in [0, 0.05) is 12.1 Å². The Kier molecular flexibility index (Phi) is 4.58.